The summed E-state index contributed by atoms with van der Waals surface area (Å²) in [6.45, 7) is 0.0772. The third-order valence-corrected chi connectivity index (χ3v) is 5.03. The van der Waals surface area contributed by atoms with Crippen molar-refractivity contribution >= 4 is 71.6 Å². The summed E-state index contributed by atoms with van der Waals surface area (Å²) in [6.07, 6.45) is -1.59. The molecule has 3 amide bonds. The van der Waals surface area contributed by atoms with Gasteiger partial charge in [0.1, 0.15) is 12.1 Å². The monoisotopic (exact) mass is 549 g/mol. The highest BCUT2D eigenvalue weighted by molar-refractivity contribution is 7.80. The number of nitrogens with two attached hydrogens (primary N) is 3. The molecule has 0 bridgehead atoms. The summed E-state index contributed by atoms with van der Waals surface area (Å²) in [4.78, 5) is 75.7. The summed E-state index contributed by atoms with van der Waals surface area (Å²) in [5, 5.41) is 26.0. The van der Waals surface area contributed by atoms with E-state index in [9.17, 15) is 33.9 Å². The van der Waals surface area contributed by atoms with Crippen LogP contribution in [-0.4, -0.2) is 93.4 Å². The van der Waals surface area contributed by atoms with Crippen molar-refractivity contribution in [2.24, 2.45) is 22.2 Å². The van der Waals surface area contributed by atoms with Crippen LogP contribution in [0.25, 0.3) is 0 Å². The zero-order valence-electron chi connectivity index (χ0n) is 19.2. The lowest BCUT2D eigenvalue weighted by Crippen LogP contribution is -2.57. The molecule has 15 nitrogen and oxygen atoms in total. The smallest absolute Gasteiger partial charge is 0.305 e. The van der Waals surface area contributed by atoms with Gasteiger partial charge in [-0.2, -0.15) is 12.6 Å². The van der Waals surface area contributed by atoms with Crippen molar-refractivity contribution in [3.05, 3.63) is 0 Å². The van der Waals surface area contributed by atoms with E-state index in [4.69, 9.17) is 22.3 Å². The minimum Gasteiger partial charge on any atom is -0.481 e. The maximum atomic E-state index is 12.9. The lowest BCUT2D eigenvalue weighted by Gasteiger charge is -2.24. The first kappa shape index (κ1) is 32.7. The number of carbonyl (C=O) groups excluding carboxylic acids is 4. The van der Waals surface area contributed by atoms with E-state index < -0.39 is 72.5 Å². The Morgan fingerprint density at radius 2 is 1.42 bits per heavy atom. The average molecular weight is 550 g/mol. The topological polar surface area (TPSA) is 269 Å². The van der Waals surface area contributed by atoms with Crippen molar-refractivity contribution in [2.75, 3.05) is 12.3 Å². The van der Waals surface area contributed by atoms with Gasteiger partial charge in [-0.3, -0.25) is 33.8 Å². The molecule has 0 unspecified atom stereocenters. The summed E-state index contributed by atoms with van der Waals surface area (Å²) >= 11 is 8.61. The Morgan fingerprint density at radius 1 is 0.889 bits per heavy atom. The Labute approximate surface area is 217 Å². The highest BCUT2D eigenvalue weighted by Gasteiger charge is 2.31. The fourth-order valence-electron chi connectivity index (χ4n) is 2.71. The van der Waals surface area contributed by atoms with E-state index in [1.165, 1.54) is 0 Å². The Morgan fingerprint density at radius 3 is 1.92 bits per heavy atom. The number of guanidine groups is 1. The molecule has 0 rings (SSSR count). The van der Waals surface area contributed by atoms with Crippen molar-refractivity contribution < 1.29 is 39.0 Å². The number of aliphatic carboxylic acids is 2. The minimum atomic E-state index is -1.62. The van der Waals surface area contributed by atoms with E-state index in [1.54, 1.807) is 0 Å². The number of thiol groups is 1. The van der Waals surface area contributed by atoms with Crippen molar-refractivity contribution in [3.63, 3.8) is 0 Å². The number of carboxylic acid groups (broad SMARTS) is 2. The van der Waals surface area contributed by atoms with Crippen LogP contribution < -0.4 is 33.2 Å². The first-order valence-electron chi connectivity index (χ1n) is 10.5. The molecule has 0 aromatic rings. The van der Waals surface area contributed by atoms with Gasteiger partial charge in [0.15, 0.2) is 11.7 Å². The summed E-state index contributed by atoms with van der Waals surface area (Å²) in [6, 6.07) is -5.52. The molecule has 0 heterocycles. The molecule has 0 radical (unpaired) electrons. The normalized spacial score (nSPS) is 13.7. The molecular formula is C19H31N7O8S2. The first-order valence-corrected chi connectivity index (χ1v) is 11.7. The van der Waals surface area contributed by atoms with Crippen LogP contribution in [0.15, 0.2) is 4.99 Å². The number of ketones is 1. The highest BCUT2D eigenvalue weighted by atomic mass is 32.1. The largest absolute Gasteiger partial charge is 0.481 e. The number of rotatable bonds is 18. The SMILES string of the molecule is NC(N)=NCCC[C@H](NC(=O)[C@@H](N)CC(=O)O)C(=O)N[C@@H](CC(=O)O)C(=O)N[C@@H](CS)C(=O)CC=S. The van der Waals surface area contributed by atoms with Gasteiger partial charge in [-0.25, -0.2) is 0 Å². The van der Waals surface area contributed by atoms with Crippen LogP contribution in [0.3, 0.4) is 0 Å². The van der Waals surface area contributed by atoms with Gasteiger partial charge >= 0.3 is 11.9 Å². The number of hydrogen-bond acceptors (Lipinski definition) is 10. The average Bonchev–Trinajstić information content (AvgIpc) is 2.77. The van der Waals surface area contributed by atoms with Crippen molar-refractivity contribution in [1.82, 2.24) is 16.0 Å². The van der Waals surface area contributed by atoms with Crippen LogP contribution in [-0.2, 0) is 28.8 Å². The van der Waals surface area contributed by atoms with Gasteiger partial charge in [0.05, 0.1) is 24.9 Å². The van der Waals surface area contributed by atoms with E-state index in [0.717, 1.165) is 5.37 Å². The van der Waals surface area contributed by atoms with Crippen molar-refractivity contribution in [1.29, 1.82) is 0 Å². The lowest BCUT2D eigenvalue weighted by atomic mass is 10.1. The number of thiocarbonyl (C=S) groups is 1. The maximum Gasteiger partial charge on any atom is 0.305 e. The first-order chi connectivity index (χ1) is 16.8. The van der Waals surface area contributed by atoms with Crippen LogP contribution in [0.4, 0.5) is 0 Å². The minimum absolute atomic E-state index is 0.0675. The molecule has 0 saturated carbocycles. The molecule has 36 heavy (non-hydrogen) atoms. The number of Topliss-reactive ketones (excluding diaryl/α,β-unsaturated/α-hetero) is 1. The Hall–Kier alpha value is -3.31. The van der Waals surface area contributed by atoms with Crippen molar-refractivity contribution in [3.8, 4) is 0 Å². The molecule has 202 valence electrons. The molecule has 0 aliphatic carbocycles. The van der Waals surface area contributed by atoms with Gasteiger partial charge in [-0.15, -0.1) is 0 Å². The number of carbonyl (C=O) groups is 6. The summed E-state index contributed by atoms with van der Waals surface area (Å²) in [5.41, 5.74) is 16.0. The second-order valence-corrected chi connectivity index (χ2v) is 8.15. The molecule has 11 N–H and O–H groups in total. The zero-order valence-corrected chi connectivity index (χ0v) is 20.9. The van der Waals surface area contributed by atoms with E-state index in [2.05, 4.69) is 45.8 Å². The molecule has 0 aliphatic rings. The van der Waals surface area contributed by atoms with Gasteiger partial charge in [0, 0.05) is 18.7 Å². The standard InChI is InChI=1S/C19H31N7O8S2/c20-9(6-14(28)29)16(32)24-10(2-1-4-23-19(21)22)17(33)25-11(7-15(30)31)18(34)26-12(8-36)13(27)3-5-35/h5,9-12,36H,1-4,6-8,20H2,(H,24,32)(H,25,33)(H,26,34)(H,28,29)(H,30,31)(H4,21,22,23)/t9-,10-,11-,12-/m0/s1. The zero-order chi connectivity index (χ0) is 27.8. The summed E-state index contributed by atoms with van der Waals surface area (Å²) in [7, 11) is 0. The lowest BCUT2D eigenvalue weighted by molar-refractivity contribution is -0.141. The van der Waals surface area contributed by atoms with Gasteiger partial charge in [0.2, 0.25) is 17.7 Å². The highest BCUT2D eigenvalue weighted by Crippen LogP contribution is 2.04. The molecule has 0 aromatic heterocycles. The molecular weight excluding hydrogens is 518 g/mol. The Bertz CT molecular complexity index is 867. The van der Waals surface area contributed by atoms with Crippen LogP contribution in [0.5, 0.6) is 0 Å². The van der Waals surface area contributed by atoms with Crippen LogP contribution in [0, 0.1) is 0 Å². The fraction of sp³-hybridized carbons (Fsp3) is 0.579. The van der Waals surface area contributed by atoms with Crippen LogP contribution >= 0.6 is 24.8 Å². The van der Waals surface area contributed by atoms with Crippen LogP contribution in [0.1, 0.15) is 32.1 Å². The summed E-state index contributed by atoms with van der Waals surface area (Å²) in [5.74, 6) is -6.44. The number of aliphatic imine (C=N–C) groups is 1. The van der Waals surface area contributed by atoms with Crippen molar-refractivity contribution in [2.45, 2.75) is 56.3 Å². The molecule has 4 atom stereocenters. The molecule has 0 spiro atoms. The van der Waals surface area contributed by atoms with Gasteiger partial charge < -0.3 is 43.4 Å². The van der Waals surface area contributed by atoms with E-state index in [0.29, 0.717) is 0 Å². The van der Waals surface area contributed by atoms with Crippen LogP contribution in [0.2, 0.25) is 0 Å². The van der Waals surface area contributed by atoms with E-state index >= 15 is 0 Å². The Balaban J connectivity index is 5.63. The quantitative estimate of drug-likeness (QED) is 0.0267. The molecule has 17 heteroatoms. The van der Waals surface area contributed by atoms with Gasteiger partial charge in [0.25, 0.3) is 0 Å². The molecule has 0 aliphatic heterocycles. The number of amides is 3. The second kappa shape index (κ2) is 17.2. The number of nitrogens with zero attached hydrogens (tertiary/aromatic N) is 1. The van der Waals surface area contributed by atoms with Gasteiger partial charge in [-0.1, -0.05) is 12.2 Å². The second-order valence-electron chi connectivity index (χ2n) is 7.45. The Kier molecular flexibility index (Phi) is 15.6. The third-order valence-electron chi connectivity index (χ3n) is 4.49. The number of nitrogens with one attached hydrogen (secondary N) is 3. The number of hydrogen-bond donors (Lipinski definition) is 9. The predicted octanol–water partition coefficient (Wildman–Crippen LogP) is -3.34. The fourth-order valence-corrected chi connectivity index (χ4v) is 3.17. The third kappa shape index (κ3) is 13.5. The summed E-state index contributed by atoms with van der Waals surface area (Å²) < 4.78 is 0. The van der Waals surface area contributed by atoms with E-state index in [1.807, 2.05) is 0 Å². The molecule has 0 aromatic carbocycles. The number of carboxylic acids is 2. The molecule has 0 fully saturated rings. The maximum absolute atomic E-state index is 12.9. The van der Waals surface area contributed by atoms with E-state index in [-0.39, 0.29) is 37.5 Å². The molecule has 0 saturated heterocycles. The predicted molar refractivity (Wildman–Crippen MR) is 135 cm³/mol. The van der Waals surface area contributed by atoms with Gasteiger partial charge in [-0.05, 0) is 18.2 Å².